The number of hydrogen-bond donors (Lipinski definition) is 1. The molecule has 1 heterocycles. The number of carboxylic acids is 1. The Morgan fingerprint density at radius 1 is 1.43 bits per heavy atom. The molecular formula is C14H18N2O5. The molecule has 1 unspecified atom stereocenters. The number of carboxylic acid groups (broad SMARTS) is 1. The lowest BCUT2D eigenvalue weighted by Crippen LogP contribution is -2.40. The molecule has 7 heteroatoms. The molecular weight excluding hydrogens is 276 g/mol. The van der Waals surface area contributed by atoms with Crippen LogP contribution in [0.5, 0.6) is 5.75 Å². The largest absolute Gasteiger partial charge is 0.490 e. The van der Waals surface area contributed by atoms with Crippen LogP contribution >= 0.6 is 0 Å². The summed E-state index contributed by atoms with van der Waals surface area (Å²) < 4.78 is 5.05. The first kappa shape index (κ1) is 15.1. The Hall–Kier alpha value is -2.31. The summed E-state index contributed by atoms with van der Waals surface area (Å²) in [6, 6.07) is 3.89. The zero-order valence-corrected chi connectivity index (χ0v) is 11.8. The highest BCUT2D eigenvalue weighted by atomic mass is 16.6. The minimum Gasteiger partial charge on any atom is -0.490 e. The summed E-state index contributed by atoms with van der Waals surface area (Å²) >= 11 is 0. The molecule has 1 fully saturated rings. The van der Waals surface area contributed by atoms with Gasteiger partial charge in [-0.2, -0.15) is 0 Å². The number of aliphatic carboxylic acids is 1. The third kappa shape index (κ3) is 3.24. The molecule has 1 N–H and O–H groups in total. The van der Waals surface area contributed by atoms with Gasteiger partial charge >= 0.3 is 11.7 Å². The molecule has 1 aliphatic heterocycles. The van der Waals surface area contributed by atoms with Gasteiger partial charge in [-0.25, -0.2) is 4.79 Å². The van der Waals surface area contributed by atoms with Crippen LogP contribution in [0.4, 0.5) is 11.4 Å². The predicted octanol–water partition coefficient (Wildman–Crippen LogP) is 2.44. The second-order valence-electron chi connectivity index (χ2n) is 5.01. The fraction of sp³-hybridized carbons (Fsp3) is 0.500. The third-order valence-electron chi connectivity index (χ3n) is 3.73. The maximum absolute atomic E-state index is 11.4. The number of nitro groups is 1. The van der Waals surface area contributed by atoms with Crippen LogP contribution in [0, 0.1) is 10.1 Å². The van der Waals surface area contributed by atoms with Crippen LogP contribution in [0.3, 0.4) is 0 Å². The van der Waals surface area contributed by atoms with Crippen LogP contribution in [0.1, 0.15) is 25.7 Å². The monoisotopic (exact) mass is 294 g/mol. The molecule has 21 heavy (non-hydrogen) atoms. The molecule has 114 valence electrons. The minimum atomic E-state index is -0.866. The summed E-state index contributed by atoms with van der Waals surface area (Å²) in [6.07, 6.45) is 3.35. The number of anilines is 1. The zero-order chi connectivity index (χ0) is 15.4. The van der Waals surface area contributed by atoms with E-state index in [1.165, 1.54) is 13.2 Å². The Morgan fingerprint density at radius 2 is 2.19 bits per heavy atom. The molecule has 1 aliphatic rings. The van der Waals surface area contributed by atoms with Crippen LogP contribution in [0.2, 0.25) is 0 Å². The molecule has 1 atom stereocenters. The van der Waals surface area contributed by atoms with Gasteiger partial charge in [-0.05, 0) is 18.9 Å². The molecule has 0 radical (unpaired) electrons. The third-order valence-corrected chi connectivity index (χ3v) is 3.73. The molecule has 7 nitrogen and oxygen atoms in total. The van der Waals surface area contributed by atoms with Crippen molar-refractivity contribution in [2.75, 3.05) is 18.6 Å². The Bertz CT molecular complexity index is 546. The molecule has 0 bridgehead atoms. The Balaban J connectivity index is 2.38. The number of methoxy groups -OCH3 is 1. The molecule has 0 spiro atoms. The van der Waals surface area contributed by atoms with E-state index in [0.29, 0.717) is 18.7 Å². The van der Waals surface area contributed by atoms with Crippen molar-refractivity contribution in [1.29, 1.82) is 0 Å². The van der Waals surface area contributed by atoms with Crippen LogP contribution in [0.25, 0.3) is 0 Å². The van der Waals surface area contributed by atoms with Crippen LogP contribution in [-0.2, 0) is 4.79 Å². The van der Waals surface area contributed by atoms with Crippen LogP contribution in [0.15, 0.2) is 18.2 Å². The Morgan fingerprint density at radius 3 is 2.81 bits per heavy atom. The first-order valence-corrected chi connectivity index (χ1v) is 6.86. The minimum absolute atomic E-state index is 0.122. The molecule has 0 saturated carbocycles. The summed E-state index contributed by atoms with van der Waals surface area (Å²) in [6.45, 7) is 0.623. The summed E-state index contributed by atoms with van der Waals surface area (Å²) in [5.74, 6) is -0.722. The van der Waals surface area contributed by atoms with Gasteiger partial charge in [0.1, 0.15) is 6.04 Å². The molecule has 1 aromatic rings. The van der Waals surface area contributed by atoms with E-state index in [0.717, 1.165) is 19.3 Å². The highest BCUT2D eigenvalue weighted by Crippen LogP contribution is 2.33. The average Bonchev–Trinajstić information content (AvgIpc) is 2.72. The highest BCUT2D eigenvalue weighted by Gasteiger charge is 2.28. The Kier molecular flexibility index (Phi) is 4.62. The second-order valence-corrected chi connectivity index (χ2v) is 5.01. The number of nitro benzene ring substituents is 1. The van der Waals surface area contributed by atoms with Gasteiger partial charge in [-0.15, -0.1) is 0 Å². The van der Waals surface area contributed by atoms with Gasteiger partial charge in [0.2, 0.25) is 0 Å². The number of rotatable bonds is 4. The SMILES string of the molecule is COc1cc(N2CCCCCC2C(=O)O)ccc1[N+](=O)[O-]. The topological polar surface area (TPSA) is 92.9 Å². The predicted molar refractivity (Wildman–Crippen MR) is 76.9 cm³/mol. The number of benzene rings is 1. The van der Waals surface area contributed by atoms with Gasteiger partial charge < -0.3 is 14.7 Å². The zero-order valence-electron chi connectivity index (χ0n) is 11.8. The van der Waals surface area contributed by atoms with Crippen molar-refractivity contribution >= 4 is 17.3 Å². The van der Waals surface area contributed by atoms with Crippen molar-refractivity contribution in [3.05, 3.63) is 28.3 Å². The van der Waals surface area contributed by atoms with E-state index in [1.807, 2.05) is 0 Å². The van der Waals surface area contributed by atoms with Crippen LogP contribution in [-0.4, -0.2) is 35.7 Å². The Labute approximate surface area is 122 Å². The summed E-state index contributed by atoms with van der Waals surface area (Å²) in [4.78, 5) is 23.6. The maximum Gasteiger partial charge on any atom is 0.326 e. The quantitative estimate of drug-likeness (QED) is 0.677. The van der Waals surface area contributed by atoms with Crippen molar-refractivity contribution in [3.63, 3.8) is 0 Å². The van der Waals surface area contributed by atoms with Crippen molar-refractivity contribution < 1.29 is 19.6 Å². The summed E-state index contributed by atoms with van der Waals surface area (Å²) in [5, 5.41) is 20.3. The number of hydrogen-bond acceptors (Lipinski definition) is 5. The van der Waals surface area contributed by atoms with E-state index in [1.54, 1.807) is 17.0 Å². The molecule has 0 amide bonds. The first-order chi connectivity index (χ1) is 10.0. The standard InChI is InChI=1S/C14H18N2O5/c1-21-13-9-10(6-7-11(13)16(19)20)15-8-4-2-3-5-12(15)14(17)18/h6-7,9,12H,2-5,8H2,1H3,(H,17,18). The normalized spacial score (nSPS) is 18.9. The van der Waals surface area contributed by atoms with E-state index in [2.05, 4.69) is 0 Å². The summed E-state index contributed by atoms with van der Waals surface area (Å²) in [5.41, 5.74) is 0.523. The smallest absolute Gasteiger partial charge is 0.326 e. The number of carbonyl (C=O) groups is 1. The van der Waals surface area contributed by atoms with Crippen LogP contribution < -0.4 is 9.64 Å². The average molecular weight is 294 g/mol. The molecule has 0 aromatic heterocycles. The van der Waals surface area contributed by atoms with Gasteiger partial charge in [0.15, 0.2) is 5.75 Å². The van der Waals surface area contributed by atoms with Crippen molar-refractivity contribution in [2.45, 2.75) is 31.7 Å². The van der Waals surface area contributed by atoms with Gasteiger partial charge in [-0.1, -0.05) is 12.8 Å². The van der Waals surface area contributed by atoms with Gasteiger partial charge in [0.25, 0.3) is 0 Å². The van der Waals surface area contributed by atoms with Gasteiger partial charge in [0, 0.05) is 24.4 Å². The second kappa shape index (κ2) is 6.43. The molecule has 1 aromatic carbocycles. The van der Waals surface area contributed by atoms with E-state index in [-0.39, 0.29) is 11.4 Å². The van der Waals surface area contributed by atoms with Gasteiger partial charge in [0.05, 0.1) is 12.0 Å². The van der Waals surface area contributed by atoms with Crippen molar-refractivity contribution in [1.82, 2.24) is 0 Å². The lowest BCUT2D eigenvalue weighted by Gasteiger charge is -2.29. The maximum atomic E-state index is 11.4. The van der Waals surface area contributed by atoms with Crippen molar-refractivity contribution in [2.24, 2.45) is 0 Å². The molecule has 0 aliphatic carbocycles. The van der Waals surface area contributed by atoms with E-state index in [4.69, 9.17) is 4.74 Å². The fourth-order valence-corrected chi connectivity index (χ4v) is 2.67. The fourth-order valence-electron chi connectivity index (χ4n) is 2.67. The molecule has 1 saturated heterocycles. The van der Waals surface area contributed by atoms with E-state index in [9.17, 15) is 20.0 Å². The first-order valence-electron chi connectivity index (χ1n) is 6.86. The molecule has 2 rings (SSSR count). The number of ether oxygens (including phenoxy) is 1. The lowest BCUT2D eigenvalue weighted by molar-refractivity contribution is -0.385. The highest BCUT2D eigenvalue weighted by molar-refractivity contribution is 5.78. The lowest BCUT2D eigenvalue weighted by atomic mass is 10.1. The van der Waals surface area contributed by atoms with Gasteiger partial charge in [-0.3, -0.25) is 10.1 Å². The van der Waals surface area contributed by atoms with Crippen molar-refractivity contribution in [3.8, 4) is 5.75 Å². The summed E-state index contributed by atoms with van der Waals surface area (Å²) in [7, 11) is 1.36. The van der Waals surface area contributed by atoms with E-state index >= 15 is 0 Å². The number of nitrogens with zero attached hydrogens (tertiary/aromatic N) is 2. The van der Waals surface area contributed by atoms with E-state index < -0.39 is 16.9 Å².